The topological polar surface area (TPSA) is 40.2 Å². The third kappa shape index (κ3) is 2.94. The molecule has 1 saturated carbocycles. The number of ether oxygens (including phenoxy) is 1. The van der Waals surface area contributed by atoms with Gasteiger partial charge in [-0.25, -0.2) is 0 Å². The Bertz CT molecular complexity index is 434. The lowest BCUT2D eigenvalue weighted by atomic mass is 9.98. The molecule has 1 aromatic rings. The standard InChI is InChI=1S/C17H28N2O/c1-2-5-16(18)14-7-11-19(12-14)13-15-6-10-17(20-15)8-3-4-9-17/h7,11-12,15-16H,2-6,8-10,13,18H2,1H3. The largest absolute Gasteiger partial charge is 0.370 e. The van der Waals surface area contributed by atoms with Gasteiger partial charge >= 0.3 is 0 Å². The molecule has 3 rings (SSSR count). The molecule has 1 aliphatic heterocycles. The number of hydrogen-bond donors (Lipinski definition) is 1. The Morgan fingerprint density at radius 2 is 2.20 bits per heavy atom. The summed E-state index contributed by atoms with van der Waals surface area (Å²) in [5, 5.41) is 0. The molecule has 2 N–H and O–H groups in total. The van der Waals surface area contributed by atoms with Crippen LogP contribution in [0.25, 0.3) is 0 Å². The summed E-state index contributed by atoms with van der Waals surface area (Å²) in [6.45, 7) is 3.17. The average Bonchev–Trinajstić information content (AvgIpc) is 3.14. The average molecular weight is 276 g/mol. The quantitative estimate of drug-likeness (QED) is 0.889. The minimum absolute atomic E-state index is 0.187. The van der Waals surface area contributed by atoms with Crippen LogP contribution in [0, 0.1) is 0 Å². The third-order valence-corrected chi connectivity index (χ3v) is 5.07. The molecular formula is C17H28N2O. The maximum Gasteiger partial charge on any atom is 0.0762 e. The van der Waals surface area contributed by atoms with E-state index >= 15 is 0 Å². The maximum absolute atomic E-state index is 6.38. The first-order chi connectivity index (χ1) is 9.71. The van der Waals surface area contributed by atoms with Crippen LogP contribution in [0.4, 0.5) is 0 Å². The van der Waals surface area contributed by atoms with E-state index in [1.807, 2.05) is 0 Å². The zero-order chi connectivity index (χ0) is 14.0. The fourth-order valence-electron chi connectivity index (χ4n) is 3.92. The molecule has 2 fully saturated rings. The molecular weight excluding hydrogens is 248 g/mol. The van der Waals surface area contributed by atoms with Gasteiger partial charge in [0, 0.05) is 25.0 Å². The molecule has 3 heteroatoms. The highest BCUT2D eigenvalue weighted by molar-refractivity contribution is 5.15. The summed E-state index contributed by atoms with van der Waals surface area (Å²) in [5.41, 5.74) is 7.69. The van der Waals surface area contributed by atoms with E-state index in [0.29, 0.717) is 6.10 Å². The van der Waals surface area contributed by atoms with Crippen LogP contribution < -0.4 is 5.73 Å². The van der Waals surface area contributed by atoms with Crippen molar-refractivity contribution >= 4 is 0 Å². The Balaban J connectivity index is 1.56. The summed E-state index contributed by atoms with van der Waals surface area (Å²) in [5.74, 6) is 0. The van der Waals surface area contributed by atoms with Crippen LogP contribution in [0.1, 0.15) is 69.9 Å². The molecule has 3 nitrogen and oxygen atoms in total. The number of aromatic nitrogens is 1. The smallest absolute Gasteiger partial charge is 0.0762 e. The Morgan fingerprint density at radius 3 is 2.95 bits per heavy atom. The Hall–Kier alpha value is -0.800. The zero-order valence-corrected chi connectivity index (χ0v) is 12.7. The van der Waals surface area contributed by atoms with E-state index in [0.717, 1.165) is 19.4 Å². The van der Waals surface area contributed by atoms with Crippen molar-refractivity contribution in [3.63, 3.8) is 0 Å². The lowest BCUT2D eigenvalue weighted by molar-refractivity contribution is -0.0417. The Labute approximate surface area is 122 Å². The van der Waals surface area contributed by atoms with E-state index in [1.165, 1.54) is 44.1 Å². The maximum atomic E-state index is 6.38. The summed E-state index contributed by atoms with van der Waals surface area (Å²) in [6.07, 6.45) is 14.7. The van der Waals surface area contributed by atoms with Crippen molar-refractivity contribution in [2.24, 2.45) is 5.73 Å². The Kier molecular flexibility index (Phi) is 4.18. The molecule has 2 atom stereocenters. The lowest BCUT2D eigenvalue weighted by Gasteiger charge is -2.24. The highest BCUT2D eigenvalue weighted by Crippen LogP contribution is 2.43. The first-order valence-corrected chi connectivity index (χ1v) is 8.30. The van der Waals surface area contributed by atoms with Crippen molar-refractivity contribution in [2.45, 2.75) is 82.6 Å². The molecule has 1 aromatic heterocycles. The molecule has 1 saturated heterocycles. The van der Waals surface area contributed by atoms with E-state index in [1.54, 1.807) is 0 Å². The normalized spacial score (nSPS) is 26.4. The van der Waals surface area contributed by atoms with Gasteiger partial charge in [-0.1, -0.05) is 26.2 Å². The van der Waals surface area contributed by atoms with Crippen LogP contribution in [0.2, 0.25) is 0 Å². The van der Waals surface area contributed by atoms with Crippen LogP contribution in [0.3, 0.4) is 0 Å². The highest BCUT2D eigenvalue weighted by Gasteiger charge is 2.42. The molecule has 0 bridgehead atoms. The van der Waals surface area contributed by atoms with Crippen LogP contribution >= 0.6 is 0 Å². The van der Waals surface area contributed by atoms with Crippen LogP contribution in [0.15, 0.2) is 18.5 Å². The van der Waals surface area contributed by atoms with Gasteiger partial charge in [0.25, 0.3) is 0 Å². The second kappa shape index (κ2) is 5.90. The molecule has 2 heterocycles. The van der Waals surface area contributed by atoms with Crippen molar-refractivity contribution < 1.29 is 4.74 Å². The van der Waals surface area contributed by atoms with Gasteiger partial charge in [0.1, 0.15) is 0 Å². The van der Waals surface area contributed by atoms with Gasteiger partial charge in [-0.15, -0.1) is 0 Å². The zero-order valence-electron chi connectivity index (χ0n) is 12.7. The second-order valence-corrected chi connectivity index (χ2v) is 6.71. The van der Waals surface area contributed by atoms with Gasteiger partial charge in [-0.3, -0.25) is 0 Å². The molecule has 1 aliphatic carbocycles. The van der Waals surface area contributed by atoms with Gasteiger partial charge in [-0.2, -0.15) is 0 Å². The molecule has 1 spiro atoms. The summed E-state index contributed by atoms with van der Waals surface area (Å²) in [7, 11) is 0. The highest BCUT2D eigenvalue weighted by atomic mass is 16.5. The summed E-state index contributed by atoms with van der Waals surface area (Å²) in [4.78, 5) is 0. The van der Waals surface area contributed by atoms with E-state index in [9.17, 15) is 0 Å². The lowest BCUT2D eigenvalue weighted by Crippen LogP contribution is -2.26. The monoisotopic (exact) mass is 276 g/mol. The van der Waals surface area contributed by atoms with Crippen LogP contribution in [-0.4, -0.2) is 16.3 Å². The molecule has 2 aliphatic rings. The number of nitrogens with zero attached hydrogens (tertiary/aromatic N) is 1. The molecule has 0 radical (unpaired) electrons. The number of hydrogen-bond acceptors (Lipinski definition) is 2. The van der Waals surface area contributed by atoms with Crippen molar-refractivity contribution in [1.82, 2.24) is 4.57 Å². The molecule has 112 valence electrons. The van der Waals surface area contributed by atoms with Gasteiger partial charge in [0.15, 0.2) is 0 Å². The minimum atomic E-state index is 0.187. The predicted octanol–water partition coefficient (Wildman–Crippen LogP) is 3.78. The Morgan fingerprint density at radius 1 is 1.40 bits per heavy atom. The van der Waals surface area contributed by atoms with Crippen molar-refractivity contribution in [3.05, 3.63) is 24.0 Å². The van der Waals surface area contributed by atoms with Gasteiger partial charge < -0.3 is 15.0 Å². The van der Waals surface area contributed by atoms with E-state index in [2.05, 4.69) is 30.0 Å². The fourth-order valence-corrected chi connectivity index (χ4v) is 3.92. The van der Waals surface area contributed by atoms with Crippen LogP contribution in [-0.2, 0) is 11.3 Å². The second-order valence-electron chi connectivity index (χ2n) is 6.71. The summed E-state index contributed by atoms with van der Waals surface area (Å²) in [6, 6.07) is 2.35. The number of rotatable bonds is 5. The van der Waals surface area contributed by atoms with Gasteiger partial charge in [0.05, 0.1) is 11.7 Å². The SMILES string of the molecule is CCCC(N)c1ccn(CC2CCC3(CCCC3)O2)c1. The van der Waals surface area contributed by atoms with Gasteiger partial charge in [0.2, 0.25) is 0 Å². The molecule has 0 aromatic carbocycles. The van der Waals surface area contributed by atoms with Gasteiger partial charge in [-0.05, 0) is 43.7 Å². The molecule has 2 unspecified atom stereocenters. The van der Waals surface area contributed by atoms with Crippen molar-refractivity contribution in [1.29, 1.82) is 0 Å². The fraction of sp³-hybridized carbons (Fsp3) is 0.765. The van der Waals surface area contributed by atoms with E-state index in [-0.39, 0.29) is 11.6 Å². The molecule has 20 heavy (non-hydrogen) atoms. The van der Waals surface area contributed by atoms with Crippen molar-refractivity contribution in [3.8, 4) is 0 Å². The third-order valence-electron chi connectivity index (χ3n) is 5.07. The van der Waals surface area contributed by atoms with E-state index < -0.39 is 0 Å². The van der Waals surface area contributed by atoms with Crippen LogP contribution in [0.5, 0.6) is 0 Å². The summed E-state index contributed by atoms with van der Waals surface area (Å²) >= 11 is 0. The van der Waals surface area contributed by atoms with Crippen molar-refractivity contribution in [2.75, 3.05) is 0 Å². The first-order valence-electron chi connectivity index (χ1n) is 8.30. The van der Waals surface area contributed by atoms with E-state index in [4.69, 9.17) is 10.5 Å². The number of nitrogens with two attached hydrogens (primary N) is 1. The summed E-state index contributed by atoms with van der Waals surface area (Å²) < 4.78 is 8.65. The predicted molar refractivity (Wildman–Crippen MR) is 81.6 cm³/mol. The molecule has 0 amide bonds. The first kappa shape index (κ1) is 14.2. The minimum Gasteiger partial charge on any atom is -0.370 e.